The van der Waals surface area contributed by atoms with Crippen LogP contribution in [0.15, 0.2) is 36.4 Å². The van der Waals surface area contributed by atoms with Crippen LogP contribution in [0.4, 0.5) is 13.2 Å². The molecule has 1 aromatic heterocycles. The van der Waals surface area contributed by atoms with Crippen molar-refractivity contribution in [1.29, 1.82) is 0 Å². The molecule has 180 valence electrons. The smallest absolute Gasteiger partial charge is 1.00 e. The summed E-state index contributed by atoms with van der Waals surface area (Å²) in [6.07, 6.45) is -4.21. The molecule has 1 N–H and O–H groups in total. The number of nitrogens with zero attached hydrogens (tertiary/aromatic N) is 1. The first-order valence-corrected chi connectivity index (χ1v) is 11.0. The van der Waals surface area contributed by atoms with Gasteiger partial charge in [0.25, 0.3) is 0 Å². The molecule has 0 spiro atoms. The van der Waals surface area contributed by atoms with E-state index in [1.807, 2.05) is 10.6 Å². The minimum absolute atomic E-state index is 0. The Morgan fingerprint density at radius 3 is 2.65 bits per heavy atom. The van der Waals surface area contributed by atoms with Gasteiger partial charge in [0.2, 0.25) is 0 Å². The third kappa shape index (κ3) is 5.61. The zero-order chi connectivity index (χ0) is 23.9. The number of hydrogen-bond acceptors (Lipinski definition) is 3. The molecule has 1 aliphatic rings. The largest absolute Gasteiger partial charge is 2.00 e. The van der Waals surface area contributed by atoms with E-state index in [2.05, 4.69) is 0 Å². The molecule has 34 heavy (non-hydrogen) atoms. The van der Waals surface area contributed by atoms with Gasteiger partial charge in [0, 0.05) is 23.5 Å². The molecule has 0 saturated heterocycles. The van der Waals surface area contributed by atoms with Gasteiger partial charge in [-0.3, -0.25) is 4.79 Å². The molecule has 1 atom stereocenters. The van der Waals surface area contributed by atoms with Crippen molar-refractivity contribution in [1.82, 2.24) is 4.57 Å². The van der Waals surface area contributed by atoms with Crippen molar-refractivity contribution in [2.24, 2.45) is 0 Å². The number of fused-ring (bicyclic) bond motifs is 3. The third-order valence-electron chi connectivity index (χ3n) is 5.64. The van der Waals surface area contributed by atoms with Gasteiger partial charge in [-0.1, -0.05) is 17.7 Å². The summed E-state index contributed by atoms with van der Waals surface area (Å²) in [5, 5.41) is 10.4. The molecular weight excluding hydrogens is 499 g/mol. The number of hydrogen-bond donors (Lipinski definition) is 1. The van der Waals surface area contributed by atoms with Gasteiger partial charge in [0.05, 0.1) is 28.6 Å². The molecule has 4 rings (SSSR count). The number of alkyl halides is 3. The van der Waals surface area contributed by atoms with Crippen LogP contribution in [0.1, 0.15) is 52.3 Å². The standard InChI is InChI=1S/C24H23ClF3NO4.Ca.2H/c1-13(2)33-20-6-3-14(9-18(20)24(26,27)28)12-32-16-4-5-19-17(11-16)22(25)23-15(10-21(30)31)7-8-29(19)23;;;/h3-6,9,11,13,15H,7-8,10,12H2,1-2H3,(H,30,31);;;/q;+2;2*-1. The first kappa shape index (κ1) is 27.0. The maximum absolute atomic E-state index is 13.5. The number of carbonyl (C=O) groups is 1. The predicted octanol–water partition coefficient (Wildman–Crippen LogP) is 6.49. The topological polar surface area (TPSA) is 60.7 Å². The summed E-state index contributed by atoms with van der Waals surface area (Å²) in [5.74, 6) is -0.783. The molecule has 2 heterocycles. The molecular formula is C24H25CaClF3NO4. The van der Waals surface area contributed by atoms with Crippen molar-refractivity contribution in [2.75, 3.05) is 0 Å². The number of ether oxygens (including phenoxy) is 2. The average Bonchev–Trinajstić information content (AvgIpc) is 3.25. The number of halogens is 4. The number of carboxylic acids is 1. The fourth-order valence-corrected chi connectivity index (χ4v) is 4.69. The Bertz CT molecular complexity index is 1220. The minimum atomic E-state index is -4.55. The van der Waals surface area contributed by atoms with Gasteiger partial charge in [0.15, 0.2) is 0 Å². The van der Waals surface area contributed by atoms with E-state index in [-0.39, 0.29) is 71.4 Å². The second-order valence-electron chi connectivity index (χ2n) is 8.40. The molecule has 0 aliphatic carbocycles. The quantitative estimate of drug-likeness (QED) is 0.360. The van der Waals surface area contributed by atoms with E-state index in [9.17, 15) is 18.0 Å². The van der Waals surface area contributed by atoms with E-state index in [1.165, 1.54) is 6.07 Å². The van der Waals surface area contributed by atoms with E-state index < -0.39 is 17.7 Å². The number of aliphatic carboxylic acids is 1. The number of benzene rings is 2. The van der Waals surface area contributed by atoms with Crippen LogP contribution in [0.3, 0.4) is 0 Å². The fraction of sp³-hybridized carbons (Fsp3) is 0.375. The van der Waals surface area contributed by atoms with Gasteiger partial charge in [-0.25, -0.2) is 0 Å². The van der Waals surface area contributed by atoms with Crippen LogP contribution in [-0.2, 0) is 24.1 Å². The Balaban J connectivity index is 0.00000216. The predicted molar refractivity (Wildman–Crippen MR) is 126 cm³/mol. The average molecular weight is 524 g/mol. The summed E-state index contributed by atoms with van der Waals surface area (Å²) in [6.45, 7) is 3.95. The van der Waals surface area contributed by atoms with Crippen LogP contribution in [0.5, 0.6) is 11.5 Å². The van der Waals surface area contributed by atoms with Gasteiger partial charge >= 0.3 is 49.9 Å². The van der Waals surface area contributed by atoms with Gasteiger partial charge in [-0.05, 0) is 56.2 Å². The molecule has 0 bridgehead atoms. The monoisotopic (exact) mass is 523 g/mol. The first-order chi connectivity index (χ1) is 15.5. The normalized spacial score (nSPS) is 15.3. The van der Waals surface area contributed by atoms with Gasteiger partial charge in [-0.2, -0.15) is 13.2 Å². The van der Waals surface area contributed by atoms with Crippen LogP contribution in [0, 0.1) is 0 Å². The number of carboxylic acid groups (broad SMARTS) is 1. The van der Waals surface area contributed by atoms with Crippen LogP contribution >= 0.6 is 11.6 Å². The second kappa shape index (κ2) is 10.6. The SMILES string of the molecule is CC(C)Oc1ccc(COc2ccc3c(c2)c(Cl)c2n3CCC2CC(=O)O)cc1C(F)(F)F.[Ca+2].[H-].[H-]. The Hall–Kier alpha value is -1.61. The molecule has 1 aliphatic heterocycles. The number of rotatable bonds is 7. The molecule has 0 saturated carbocycles. The van der Waals surface area contributed by atoms with Crippen molar-refractivity contribution >= 4 is 66.2 Å². The number of aromatic nitrogens is 1. The van der Waals surface area contributed by atoms with Crippen LogP contribution in [0.25, 0.3) is 10.9 Å². The second-order valence-corrected chi connectivity index (χ2v) is 8.77. The fourth-order valence-electron chi connectivity index (χ4n) is 4.29. The Morgan fingerprint density at radius 1 is 1.26 bits per heavy atom. The van der Waals surface area contributed by atoms with Crippen molar-refractivity contribution in [3.8, 4) is 11.5 Å². The summed E-state index contributed by atoms with van der Waals surface area (Å²) in [7, 11) is 0. The first-order valence-electron chi connectivity index (χ1n) is 10.6. The van der Waals surface area contributed by atoms with E-state index in [0.717, 1.165) is 22.7 Å². The number of aryl methyl sites for hydroxylation is 1. The van der Waals surface area contributed by atoms with E-state index in [0.29, 0.717) is 29.3 Å². The van der Waals surface area contributed by atoms with E-state index in [4.69, 9.17) is 26.2 Å². The molecule has 1 unspecified atom stereocenters. The summed E-state index contributed by atoms with van der Waals surface area (Å²) in [6, 6.07) is 9.19. The van der Waals surface area contributed by atoms with Crippen molar-refractivity contribution < 1.29 is 35.4 Å². The van der Waals surface area contributed by atoms with Crippen molar-refractivity contribution in [3.63, 3.8) is 0 Å². The third-order valence-corrected chi connectivity index (χ3v) is 6.03. The summed E-state index contributed by atoms with van der Waals surface area (Å²) < 4.78 is 53.5. The van der Waals surface area contributed by atoms with Crippen LogP contribution in [-0.4, -0.2) is 59.5 Å². The Morgan fingerprint density at radius 2 is 2.00 bits per heavy atom. The Kier molecular flexibility index (Phi) is 8.38. The summed E-state index contributed by atoms with van der Waals surface area (Å²) in [4.78, 5) is 11.2. The molecule has 2 aromatic carbocycles. The zero-order valence-corrected chi connectivity index (χ0v) is 21.7. The van der Waals surface area contributed by atoms with Gasteiger partial charge < -0.3 is 22.0 Å². The summed E-state index contributed by atoms with van der Waals surface area (Å²) in [5.41, 5.74) is 1.20. The van der Waals surface area contributed by atoms with E-state index in [1.54, 1.807) is 32.0 Å². The maximum atomic E-state index is 13.5. The van der Waals surface area contributed by atoms with E-state index >= 15 is 0 Å². The van der Waals surface area contributed by atoms with Crippen molar-refractivity contribution in [2.45, 2.75) is 58.0 Å². The van der Waals surface area contributed by atoms with Crippen LogP contribution < -0.4 is 9.47 Å². The van der Waals surface area contributed by atoms with Gasteiger partial charge in [-0.15, -0.1) is 0 Å². The minimum Gasteiger partial charge on any atom is -1.00 e. The molecule has 3 aromatic rings. The Labute approximate surface area is 232 Å². The zero-order valence-electron chi connectivity index (χ0n) is 20.8. The molecule has 0 fully saturated rings. The van der Waals surface area contributed by atoms with Gasteiger partial charge in [0.1, 0.15) is 18.1 Å². The molecule has 0 amide bonds. The summed E-state index contributed by atoms with van der Waals surface area (Å²) >= 11 is 6.59. The molecule has 0 radical (unpaired) electrons. The molecule has 5 nitrogen and oxygen atoms in total. The van der Waals surface area contributed by atoms with Crippen LogP contribution in [0.2, 0.25) is 5.02 Å². The van der Waals surface area contributed by atoms with Crippen molar-refractivity contribution in [3.05, 3.63) is 58.2 Å². The maximum Gasteiger partial charge on any atom is 2.00 e. The molecule has 10 heteroatoms.